The van der Waals surface area contributed by atoms with Crippen LogP contribution in [-0.2, 0) is 0 Å². The molecule has 0 saturated heterocycles. The number of ether oxygens (including phenoxy) is 1. The summed E-state index contributed by atoms with van der Waals surface area (Å²) >= 11 is 7.38. The molecule has 0 aliphatic heterocycles. The Hall–Kier alpha value is -1.24. The van der Waals surface area contributed by atoms with E-state index in [4.69, 9.17) is 22.1 Å². The summed E-state index contributed by atoms with van der Waals surface area (Å²) in [5.74, 6) is 1.56. The zero-order valence-electron chi connectivity index (χ0n) is 11.0. The van der Waals surface area contributed by atoms with Crippen molar-refractivity contribution < 1.29 is 4.74 Å². The van der Waals surface area contributed by atoms with E-state index in [1.165, 1.54) is 0 Å². The van der Waals surface area contributed by atoms with Crippen LogP contribution < -0.4 is 10.5 Å². The molecule has 0 spiro atoms. The third kappa shape index (κ3) is 4.12. The maximum absolute atomic E-state index is 5.84. The summed E-state index contributed by atoms with van der Waals surface area (Å²) in [4.78, 5) is 0. The first-order chi connectivity index (χ1) is 9.70. The van der Waals surface area contributed by atoms with Gasteiger partial charge in [-0.05, 0) is 53.6 Å². The van der Waals surface area contributed by atoms with Crippen molar-refractivity contribution in [3.05, 3.63) is 65.0 Å². The van der Waals surface area contributed by atoms with Crippen LogP contribution in [0.15, 0.2) is 60.0 Å². The Balaban J connectivity index is 0.00000161. The molecule has 0 saturated carbocycles. The third-order valence-electron chi connectivity index (χ3n) is 2.86. The smallest absolute Gasteiger partial charge is 0.127 e. The second kappa shape index (κ2) is 7.15. The fourth-order valence-corrected chi connectivity index (χ4v) is 2.65. The number of thiophene rings is 1. The summed E-state index contributed by atoms with van der Waals surface area (Å²) in [7, 11) is 0. The van der Waals surface area contributed by atoms with Gasteiger partial charge >= 0.3 is 0 Å². The second-order valence-electron chi connectivity index (χ2n) is 4.32. The van der Waals surface area contributed by atoms with Crippen LogP contribution in [0.4, 0.5) is 5.00 Å². The molecule has 3 aromatic rings. The van der Waals surface area contributed by atoms with Crippen LogP contribution in [0.25, 0.3) is 11.1 Å². The molecule has 3 rings (SSSR count). The first-order valence-corrected chi connectivity index (χ1v) is 7.34. The first-order valence-electron chi connectivity index (χ1n) is 6.08. The minimum atomic E-state index is 0. The summed E-state index contributed by atoms with van der Waals surface area (Å²) < 4.78 is 5.75. The molecule has 1 aromatic heterocycles. The maximum atomic E-state index is 5.84. The predicted molar refractivity (Wildman–Crippen MR) is 101 cm³/mol. The van der Waals surface area contributed by atoms with Crippen LogP contribution in [0.2, 0.25) is 5.02 Å². The van der Waals surface area contributed by atoms with Crippen molar-refractivity contribution in [2.75, 3.05) is 5.73 Å². The van der Waals surface area contributed by atoms with Crippen molar-refractivity contribution in [3.8, 4) is 22.6 Å². The van der Waals surface area contributed by atoms with E-state index in [2.05, 4.69) is 0 Å². The minimum Gasteiger partial charge on any atom is -0.457 e. The monoisotopic (exact) mass is 429 g/mol. The highest BCUT2D eigenvalue weighted by molar-refractivity contribution is 14.0. The standard InChI is InChI=1S/C16H12ClNOS.HI/c17-13-3-7-15(8-4-13)19-14-5-1-11(2-6-14)12-9-16(18)20-10-12;/h1-10H,18H2;1H. The lowest BCUT2D eigenvalue weighted by molar-refractivity contribution is 0.483. The average molecular weight is 430 g/mol. The molecule has 21 heavy (non-hydrogen) atoms. The van der Waals surface area contributed by atoms with Gasteiger partial charge in [0.1, 0.15) is 11.5 Å². The highest BCUT2D eigenvalue weighted by atomic mass is 127. The summed E-state index contributed by atoms with van der Waals surface area (Å²) in [5, 5.41) is 3.56. The van der Waals surface area contributed by atoms with E-state index >= 15 is 0 Å². The lowest BCUT2D eigenvalue weighted by Gasteiger charge is -2.06. The third-order valence-corrected chi connectivity index (χ3v) is 3.87. The normalized spacial score (nSPS) is 9.95. The number of nitrogens with two attached hydrogens (primary N) is 1. The number of hydrogen-bond donors (Lipinski definition) is 1. The molecule has 2 nitrogen and oxygen atoms in total. The Labute approximate surface area is 149 Å². The highest BCUT2D eigenvalue weighted by Crippen LogP contribution is 2.29. The highest BCUT2D eigenvalue weighted by Gasteiger charge is 2.02. The quantitative estimate of drug-likeness (QED) is 0.514. The number of nitrogen functional groups attached to an aromatic ring is 1. The van der Waals surface area contributed by atoms with Gasteiger partial charge in [0.05, 0.1) is 5.00 Å². The van der Waals surface area contributed by atoms with Gasteiger partial charge in [-0.25, -0.2) is 0 Å². The van der Waals surface area contributed by atoms with Crippen molar-refractivity contribution in [3.63, 3.8) is 0 Å². The van der Waals surface area contributed by atoms with E-state index in [0.717, 1.165) is 27.6 Å². The Morgan fingerprint density at radius 3 is 1.95 bits per heavy atom. The summed E-state index contributed by atoms with van der Waals surface area (Å²) in [6.07, 6.45) is 0. The van der Waals surface area contributed by atoms with E-state index in [0.29, 0.717) is 5.02 Å². The van der Waals surface area contributed by atoms with Gasteiger partial charge < -0.3 is 10.5 Å². The molecule has 5 heteroatoms. The van der Waals surface area contributed by atoms with Crippen LogP contribution >= 0.6 is 46.9 Å². The first kappa shape index (κ1) is 16.1. The summed E-state index contributed by atoms with van der Waals surface area (Å²) in [6, 6.07) is 17.2. The molecule has 0 aliphatic carbocycles. The SMILES string of the molecule is I.Nc1cc(-c2ccc(Oc3ccc(Cl)cc3)cc2)cs1. The largest absolute Gasteiger partial charge is 0.457 e. The fourth-order valence-electron chi connectivity index (χ4n) is 1.86. The molecule has 0 fully saturated rings. The Morgan fingerprint density at radius 2 is 1.43 bits per heavy atom. The second-order valence-corrected chi connectivity index (χ2v) is 5.70. The Kier molecular flexibility index (Phi) is 5.50. The lowest BCUT2D eigenvalue weighted by atomic mass is 10.1. The minimum absolute atomic E-state index is 0. The van der Waals surface area contributed by atoms with Gasteiger partial charge in [0.2, 0.25) is 0 Å². The van der Waals surface area contributed by atoms with Gasteiger partial charge in [0.25, 0.3) is 0 Å². The molecule has 0 radical (unpaired) electrons. The van der Waals surface area contributed by atoms with Crippen molar-refractivity contribution in [2.24, 2.45) is 0 Å². The van der Waals surface area contributed by atoms with Crippen molar-refractivity contribution in [1.29, 1.82) is 0 Å². The Morgan fingerprint density at radius 1 is 0.857 bits per heavy atom. The van der Waals surface area contributed by atoms with E-state index in [-0.39, 0.29) is 24.0 Å². The molecule has 2 N–H and O–H groups in total. The van der Waals surface area contributed by atoms with Crippen LogP contribution in [0.3, 0.4) is 0 Å². The molecule has 0 unspecified atom stereocenters. The van der Waals surface area contributed by atoms with Gasteiger partial charge in [-0.2, -0.15) is 0 Å². The molecular formula is C16H13ClINOS. The zero-order chi connectivity index (χ0) is 13.9. The molecule has 0 aliphatic rings. The lowest BCUT2D eigenvalue weighted by Crippen LogP contribution is -1.84. The van der Waals surface area contributed by atoms with E-state index in [9.17, 15) is 0 Å². The molecule has 0 bridgehead atoms. The molecule has 108 valence electrons. The van der Waals surface area contributed by atoms with Crippen LogP contribution in [-0.4, -0.2) is 0 Å². The van der Waals surface area contributed by atoms with Crippen LogP contribution in [0.5, 0.6) is 11.5 Å². The molecule has 2 aromatic carbocycles. The van der Waals surface area contributed by atoms with Gasteiger partial charge in [-0.1, -0.05) is 23.7 Å². The van der Waals surface area contributed by atoms with E-state index in [1.807, 2.05) is 47.8 Å². The molecule has 0 amide bonds. The fraction of sp³-hybridized carbons (Fsp3) is 0. The number of hydrogen-bond acceptors (Lipinski definition) is 3. The predicted octanol–water partition coefficient (Wildman–Crippen LogP) is 6.06. The summed E-state index contributed by atoms with van der Waals surface area (Å²) in [5.41, 5.74) is 8.00. The molecule has 0 atom stereocenters. The topological polar surface area (TPSA) is 35.2 Å². The van der Waals surface area contributed by atoms with Gasteiger partial charge in [0.15, 0.2) is 0 Å². The van der Waals surface area contributed by atoms with Crippen LogP contribution in [0, 0.1) is 0 Å². The number of rotatable bonds is 3. The number of anilines is 1. The maximum Gasteiger partial charge on any atom is 0.127 e. The molecular weight excluding hydrogens is 417 g/mol. The zero-order valence-corrected chi connectivity index (χ0v) is 14.9. The number of halogens is 2. The molecule has 1 heterocycles. The van der Waals surface area contributed by atoms with E-state index in [1.54, 1.807) is 23.5 Å². The van der Waals surface area contributed by atoms with Crippen LogP contribution in [0.1, 0.15) is 0 Å². The van der Waals surface area contributed by atoms with Crippen molar-refractivity contribution >= 4 is 51.9 Å². The summed E-state index contributed by atoms with van der Waals surface area (Å²) in [6.45, 7) is 0. The number of benzene rings is 2. The van der Waals surface area contributed by atoms with Gasteiger partial charge in [-0.3, -0.25) is 0 Å². The van der Waals surface area contributed by atoms with Gasteiger partial charge in [0, 0.05) is 10.4 Å². The van der Waals surface area contributed by atoms with Crippen molar-refractivity contribution in [2.45, 2.75) is 0 Å². The van der Waals surface area contributed by atoms with Gasteiger partial charge in [-0.15, -0.1) is 35.3 Å². The Bertz CT molecular complexity index is 710. The van der Waals surface area contributed by atoms with E-state index < -0.39 is 0 Å². The van der Waals surface area contributed by atoms with Crippen molar-refractivity contribution in [1.82, 2.24) is 0 Å². The average Bonchev–Trinajstić information content (AvgIpc) is 2.89.